The van der Waals surface area contributed by atoms with Gasteiger partial charge in [0.25, 0.3) is 0 Å². The molecule has 11 atom stereocenters. The van der Waals surface area contributed by atoms with E-state index in [1.807, 2.05) is 6.92 Å². The molecule has 0 saturated carbocycles. The van der Waals surface area contributed by atoms with Gasteiger partial charge < -0.3 is 64.2 Å². The third-order valence-electron chi connectivity index (χ3n) is 7.84. The van der Waals surface area contributed by atoms with Crippen molar-refractivity contribution in [2.75, 3.05) is 33.0 Å². The summed E-state index contributed by atoms with van der Waals surface area (Å²) in [5.41, 5.74) is 0. The van der Waals surface area contributed by atoms with Crippen LogP contribution >= 0.6 is 0 Å². The Hall–Kier alpha value is -1.01. The SMILES string of the molecule is CCCCCCCCCCCOCC(COC1OC(COC2OC(CO)C(O)C(O)C2O)C(O)C(O)C1O)OC(=O)CCC. The van der Waals surface area contributed by atoms with E-state index in [4.69, 9.17) is 28.4 Å². The molecule has 14 heteroatoms. The largest absolute Gasteiger partial charge is 0.457 e. The highest BCUT2D eigenvalue weighted by atomic mass is 16.7. The highest BCUT2D eigenvalue weighted by molar-refractivity contribution is 5.69. The van der Waals surface area contributed by atoms with Gasteiger partial charge in [-0.05, 0) is 12.8 Å². The highest BCUT2D eigenvalue weighted by Crippen LogP contribution is 2.26. The van der Waals surface area contributed by atoms with Crippen LogP contribution in [-0.2, 0) is 33.2 Å². The Morgan fingerprint density at radius 3 is 1.80 bits per heavy atom. The Labute approximate surface area is 260 Å². The van der Waals surface area contributed by atoms with Crippen molar-refractivity contribution in [1.82, 2.24) is 0 Å². The second-order valence-electron chi connectivity index (χ2n) is 11.6. The Balaban J connectivity index is 1.84. The number of hydrogen-bond donors (Lipinski definition) is 7. The smallest absolute Gasteiger partial charge is 0.306 e. The number of aliphatic hydroxyl groups is 7. The zero-order valence-electron chi connectivity index (χ0n) is 26.2. The van der Waals surface area contributed by atoms with Crippen molar-refractivity contribution in [1.29, 1.82) is 0 Å². The average Bonchev–Trinajstić information content (AvgIpc) is 3.01. The molecule has 2 saturated heterocycles. The van der Waals surface area contributed by atoms with Crippen molar-refractivity contribution in [2.24, 2.45) is 0 Å². The topological polar surface area (TPSA) is 214 Å². The fraction of sp³-hybridized carbons (Fsp3) is 0.967. The molecule has 11 unspecified atom stereocenters. The molecule has 2 rings (SSSR count). The van der Waals surface area contributed by atoms with Gasteiger partial charge in [0, 0.05) is 13.0 Å². The number of hydrogen-bond acceptors (Lipinski definition) is 14. The fourth-order valence-electron chi connectivity index (χ4n) is 5.08. The van der Waals surface area contributed by atoms with Crippen LogP contribution in [0.3, 0.4) is 0 Å². The van der Waals surface area contributed by atoms with Gasteiger partial charge in [-0.1, -0.05) is 65.2 Å². The summed E-state index contributed by atoms with van der Waals surface area (Å²) in [6, 6.07) is 0. The van der Waals surface area contributed by atoms with Gasteiger partial charge in [-0.25, -0.2) is 0 Å². The summed E-state index contributed by atoms with van der Waals surface area (Å²) in [6.45, 7) is 3.24. The Morgan fingerprint density at radius 1 is 0.659 bits per heavy atom. The Kier molecular flexibility index (Phi) is 19.3. The Bertz CT molecular complexity index is 757. The molecule has 0 spiro atoms. The molecule has 0 aliphatic carbocycles. The maximum absolute atomic E-state index is 12.2. The van der Waals surface area contributed by atoms with E-state index in [2.05, 4.69) is 6.92 Å². The minimum Gasteiger partial charge on any atom is -0.457 e. The van der Waals surface area contributed by atoms with Crippen LogP contribution in [-0.4, -0.2) is 142 Å². The molecular formula is C30H56O14. The average molecular weight is 641 g/mol. The van der Waals surface area contributed by atoms with Crippen LogP contribution in [0.15, 0.2) is 0 Å². The predicted molar refractivity (Wildman–Crippen MR) is 155 cm³/mol. The molecule has 2 aliphatic heterocycles. The number of unbranched alkanes of at least 4 members (excludes halogenated alkanes) is 8. The number of esters is 1. The monoisotopic (exact) mass is 640 g/mol. The van der Waals surface area contributed by atoms with E-state index < -0.39 is 86.7 Å². The molecule has 2 heterocycles. The molecule has 0 aromatic carbocycles. The first-order chi connectivity index (χ1) is 21.1. The van der Waals surface area contributed by atoms with Crippen molar-refractivity contribution in [3.63, 3.8) is 0 Å². The van der Waals surface area contributed by atoms with Crippen molar-refractivity contribution in [3.05, 3.63) is 0 Å². The van der Waals surface area contributed by atoms with Gasteiger partial charge >= 0.3 is 5.97 Å². The lowest BCUT2D eigenvalue weighted by Crippen LogP contribution is -2.61. The maximum atomic E-state index is 12.2. The van der Waals surface area contributed by atoms with Crippen molar-refractivity contribution < 1.29 is 69.0 Å². The molecule has 2 aliphatic rings. The molecule has 0 bridgehead atoms. The highest BCUT2D eigenvalue weighted by Gasteiger charge is 2.47. The van der Waals surface area contributed by atoms with Crippen LogP contribution in [0, 0.1) is 0 Å². The molecule has 44 heavy (non-hydrogen) atoms. The normalized spacial score (nSPS) is 33.3. The third-order valence-corrected chi connectivity index (χ3v) is 7.84. The summed E-state index contributed by atoms with van der Waals surface area (Å²) in [5.74, 6) is -0.431. The molecular weight excluding hydrogens is 584 g/mol. The first kappa shape index (κ1) is 39.2. The molecule has 260 valence electrons. The number of carbonyl (C=O) groups excluding carboxylic acids is 1. The fourth-order valence-corrected chi connectivity index (χ4v) is 5.08. The molecule has 7 N–H and O–H groups in total. The summed E-state index contributed by atoms with van der Waals surface area (Å²) in [7, 11) is 0. The van der Waals surface area contributed by atoms with Crippen LogP contribution in [0.25, 0.3) is 0 Å². The van der Waals surface area contributed by atoms with Gasteiger partial charge in [-0.2, -0.15) is 0 Å². The summed E-state index contributed by atoms with van der Waals surface area (Å²) in [5, 5.41) is 70.8. The lowest BCUT2D eigenvalue weighted by Gasteiger charge is -2.42. The summed E-state index contributed by atoms with van der Waals surface area (Å²) >= 11 is 0. The van der Waals surface area contributed by atoms with Crippen molar-refractivity contribution in [2.45, 2.75) is 152 Å². The second-order valence-corrected chi connectivity index (χ2v) is 11.6. The molecule has 0 aromatic heterocycles. The van der Waals surface area contributed by atoms with Crippen LogP contribution < -0.4 is 0 Å². The standard InChI is InChI=1S/C30H56O14/c1-3-5-6-7-8-9-10-11-12-14-39-16-19(42-22(32)13-4-2)17-40-29-28(38)26(36)24(34)21(44-29)18-41-30-27(37)25(35)23(33)20(15-31)43-30/h19-21,23-31,33-38H,3-18H2,1-2H3. The minimum absolute atomic E-state index is 0.0596. The van der Waals surface area contributed by atoms with Crippen molar-refractivity contribution in [3.8, 4) is 0 Å². The van der Waals surface area contributed by atoms with Crippen LogP contribution in [0.5, 0.6) is 0 Å². The van der Waals surface area contributed by atoms with E-state index >= 15 is 0 Å². The van der Waals surface area contributed by atoms with Crippen LogP contribution in [0.1, 0.15) is 84.5 Å². The van der Waals surface area contributed by atoms with Crippen molar-refractivity contribution >= 4 is 5.97 Å². The lowest BCUT2D eigenvalue weighted by atomic mass is 9.98. The number of ether oxygens (including phenoxy) is 6. The van der Waals surface area contributed by atoms with E-state index in [0.717, 1.165) is 19.3 Å². The third kappa shape index (κ3) is 13.0. The predicted octanol–water partition coefficient (Wildman–Crippen LogP) is -0.114. The van der Waals surface area contributed by atoms with Gasteiger partial charge in [-0.15, -0.1) is 0 Å². The van der Waals surface area contributed by atoms with E-state index in [1.54, 1.807) is 0 Å². The van der Waals surface area contributed by atoms with E-state index in [9.17, 15) is 40.5 Å². The number of aliphatic hydroxyl groups excluding tert-OH is 7. The Morgan fingerprint density at radius 2 is 1.20 bits per heavy atom. The molecule has 2 fully saturated rings. The number of carbonyl (C=O) groups is 1. The van der Waals surface area contributed by atoms with E-state index in [-0.39, 0.29) is 19.6 Å². The van der Waals surface area contributed by atoms with Gasteiger partial charge in [0.05, 0.1) is 26.4 Å². The quantitative estimate of drug-likeness (QED) is 0.0608. The summed E-state index contributed by atoms with van der Waals surface area (Å²) < 4.78 is 33.3. The summed E-state index contributed by atoms with van der Waals surface area (Å²) in [6.07, 6.45) is -4.70. The first-order valence-electron chi connectivity index (χ1n) is 16.1. The molecule has 14 nitrogen and oxygen atoms in total. The van der Waals surface area contributed by atoms with E-state index in [0.29, 0.717) is 13.0 Å². The van der Waals surface area contributed by atoms with Gasteiger partial charge in [0.1, 0.15) is 54.9 Å². The zero-order valence-corrected chi connectivity index (χ0v) is 26.2. The zero-order chi connectivity index (χ0) is 32.5. The van der Waals surface area contributed by atoms with Gasteiger partial charge in [0.15, 0.2) is 12.6 Å². The van der Waals surface area contributed by atoms with Crippen LogP contribution in [0.2, 0.25) is 0 Å². The van der Waals surface area contributed by atoms with Gasteiger partial charge in [-0.3, -0.25) is 4.79 Å². The van der Waals surface area contributed by atoms with E-state index in [1.165, 1.54) is 38.5 Å². The van der Waals surface area contributed by atoms with Crippen LogP contribution in [0.4, 0.5) is 0 Å². The van der Waals surface area contributed by atoms with Gasteiger partial charge in [0.2, 0.25) is 0 Å². The second kappa shape index (κ2) is 21.7. The minimum atomic E-state index is -1.69. The molecule has 0 amide bonds. The maximum Gasteiger partial charge on any atom is 0.306 e. The first-order valence-corrected chi connectivity index (χ1v) is 16.1. The molecule has 0 radical (unpaired) electrons. The molecule has 0 aromatic rings. The summed E-state index contributed by atoms with van der Waals surface area (Å²) in [4.78, 5) is 12.2. The lowest BCUT2D eigenvalue weighted by molar-refractivity contribution is -0.332. The number of rotatable bonds is 22.